The predicted octanol–water partition coefficient (Wildman–Crippen LogP) is 6.21. The Balaban J connectivity index is 0.000000774. The highest BCUT2D eigenvalue weighted by Gasteiger charge is 2.49. The van der Waals surface area contributed by atoms with Crippen LogP contribution in [0.3, 0.4) is 0 Å². The summed E-state index contributed by atoms with van der Waals surface area (Å²) >= 11 is 0. The van der Waals surface area contributed by atoms with Crippen molar-refractivity contribution < 1.29 is 13.2 Å². The molecule has 1 aliphatic carbocycles. The van der Waals surface area contributed by atoms with Gasteiger partial charge in [-0.1, -0.05) is 31.4 Å². The molecule has 0 amide bonds. The third-order valence-corrected chi connectivity index (χ3v) is 6.11. The molecule has 0 aliphatic heterocycles. The Bertz CT molecular complexity index is 621. The Labute approximate surface area is 125 Å². The van der Waals surface area contributed by atoms with Gasteiger partial charge in [-0.25, -0.2) is 0 Å². The van der Waals surface area contributed by atoms with Crippen LogP contribution in [0.5, 0.6) is 0 Å². The molecule has 1 aromatic carbocycles. The number of alkyl halides is 3. The number of halogens is 3. The van der Waals surface area contributed by atoms with Gasteiger partial charge in [-0.15, -0.1) is 13.2 Å². The summed E-state index contributed by atoms with van der Waals surface area (Å²) in [5.41, 5.74) is -4.14. The van der Waals surface area contributed by atoms with Gasteiger partial charge in [0.1, 0.15) is 0 Å². The fourth-order valence-electron chi connectivity index (χ4n) is 3.05. The van der Waals surface area contributed by atoms with Gasteiger partial charge < -0.3 is 11.8 Å². The van der Waals surface area contributed by atoms with Gasteiger partial charge in [0.25, 0.3) is 0 Å². The zero-order valence-electron chi connectivity index (χ0n) is 11.5. The number of thiophene rings is 1. The van der Waals surface area contributed by atoms with E-state index in [4.69, 9.17) is 11.8 Å². The summed E-state index contributed by atoms with van der Waals surface area (Å²) < 4.78 is 40.7. The van der Waals surface area contributed by atoms with Crippen LogP contribution in [0.1, 0.15) is 42.9 Å². The zero-order valence-corrected chi connectivity index (χ0v) is 12.3. The molecule has 1 aromatic heterocycles. The fourth-order valence-corrected chi connectivity index (χ4v) is 5.22. The molecule has 5 heteroatoms. The highest BCUT2D eigenvalue weighted by Crippen LogP contribution is 2.54. The Hall–Kier alpha value is -1.54. The third kappa shape index (κ3) is 3.21. The minimum absolute atomic E-state index is 0.131. The molecule has 21 heavy (non-hydrogen) atoms. The van der Waals surface area contributed by atoms with E-state index in [0.29, 0.717) is 9.58 Å². The normalized spacial score (nSPS) is 17.3. The van der Waals surface area contributed by atoms with Crippen molar-refractivity contribution in [2.75, 3.05) is 0 Å². The van der Waals surface area contributed by atoms with E-state index in [1.165, 1.54) is 0 Å². The Morgan fingerprint density at radius 1 is 1.05 bits per heavy atom. The minimum atomic E-state index is -4.14. The van der Waals surface area contributed by atoms with Crippen molar-refractivity contribution in [3.8, 4) is 0 Å². The zero-order chi connectivity index (χ0) is 15.5. The number of rotatable bonds is 1. The summed E-state index contributed by atoms with van der Waals surface area (Å²) in [7, 11) is -1.69. The van der Waals surface area contributed by atoms with Gasteiger partial charge in [-0.2, -0.15) is 0 Å². The van der Waals surface area contributed by atoms with Crippen LogP contribution in [0.2, 0.25) is 0 Å². The van der Waals surface area contributed by atoms with Crippen LogP contribution in [0.25, 0.3) is 10.1 Å². The molecule has 1 heterocycles. The van der Waals surface area contributed by atoms with Gasteiger partial charge in [0.05, 0.1) is 10.5 Å². The standard InChI is InChI=1S/C15H16F3S.CN/c16-15(17,18)19-13-9-5-4-8-12(13)10-14(19)11-6-2-1-3-7-11;1-2/h4-5,8-11H,1-3,6-7H2;/q+1;-1. The van der Waals surface area contributed by atoms with E-state index in [2.05, 4.69) is 0 Å². The average molecular weight is 311 g/mol. The van der Waals surface area contributed by atoms with Crippen molar-refractivity contribution in [2.45, 2.75) is 43.5 Å². The lowest BCUT2D eigenvalue weighted by molar-refractivity contribution is -0.0868. The van der Waals surface area contributed by atoms with Crippen LogP contribution in [0.4, 0.5) is 13.2 Å². The topological polar surface area (TPSA) is 23.8 Å². The van der Waals surface area contributed by atoms with E-state index in [1.54, 1.807) is 18.2 Å². The molecule has 112 valence electrons. The van der Waals surface area contributed by atoms with Crippen molar-refractivity contribution in [1.82, 2.24) is 0 Å². The molecule has 1 unspecified atom stereocenters. The maximum atomic E-state index is 13.4. The number of hydrogen-bond acceptors (Lipinski definition) is 1. The highest BCUT2D eigenvalue weighted by molar-refractivity contribution is 7.38. The SMILES string of the molecule is FC(F)(F)[s+]1c(C2CCCCC2)cc2ccccc21.[C-]#N. The monoisotopic (exact) mass is 311 g/mol. The molecule has 3 rings (SSSR count). The fraction of sp³-hybridized carbons (Fsp3) is 0.438. The molecule has 1 fully saturated rings. The average Bonchev–Trinajstić information content (AvgIpc) is 2.89. The van der Waals surface area contributed by atoms with Crippen LogP contribution < -0.4 is 0 Å². The van der Waals surface area contributed by atoms with Crippen LogP contribution in [-0.2, 0) is 5.51 Å². The lowest BCUT2D eigenvalue weighted by Gasteiger charge is -2.18. The first-order chi connectivity index (χ1) is 10.1. The Kier molecular flexibility index (Phi) is 4.89. The van der Waals surface area contributed by atoms with Crippen LogP contribution >= 0.6 is 10.5 Å². The maximum absolute atomic E-state index is 13.4. The summed E-state index contributed by atoms with van der Waals surface area (Å²) in [6, 6.07) is 8.77. The van der Waals surface area contributed by atoms with E-state index in [-0.39, 0.29) is 5.92 Å². The maximum Gasteiger partial charge on any atom is 0.600 e. The molecule has 1 atom stereocenters. The third-order valence-electron chi connectivity index (χ3n) is 3.91. The second-order valence-corrected chi connectivity index (χ2v) is 7.16. The predicted molar refractivity (Wildman–Crippen MR) is 78.5 cm³/mol. The smallest absolute Gasteiger partial charge is 0.512 e. The summed E-state index contributed by atoms with van der Waals surface area (Å²) in [6.07, 6.45) is 5.12. The second kappa shape index (κ2) is 6.48. The molecule has 0 bridgehead atoms. The Morgan fingerprint density at radius 3 is 2.29 bits per heavy atom. The number of nitrogens with zero attached hydrogens (tertiary/aromatic N) is 1. The number of fused-ring (bicyclic) bond motifs is 1. The van der Waals surface area contributed by atoms with E-state index in [0.717, 1.165) is 37.5 Å². The van der Waals surface area contributed by atoms with Gasteiger partial charge in [-0.05, 0) is 25.0 Å². The summed E-state index contributed by atoms with van der Waals surface area (Å²) in [4.78, 5) is 0.633. The quantitative estimate of drug-likeness (QED) is 0.454. The molecule has 0 spiro atoms. The first-order valence-electron chi connectivity index (χ1n) is 6.91. The van der Waals surface area contributed by atoms with E-state index in [1.807, 2.05) is 12.1 Å². The molecule has 0 radical (unpaired) electrons. The molecule has 0 saturated heterocycles. The van der Waals surface area contributed by atoms with Crippen LogP contribution in [0, 0.1) is 11.8 Å². The molecule has 1 nitrogen and oxygen atoms in total. The summed E-state index contributed by atoms with van der Waals surface area (Å²) in [5, 5.41) is 7.02. The van der Waals surface area contributed by atoms with E-state index < -0.39 is 16.0 Å². The Morgan fingerprint density at radius 2 is 1.67 bits per heavy atom. The molecular formula is C16H16F3NS. The molecule has 1 saturated carbocycles. The van der Waals surface area contributed by atoms with E-state index >= 15 is 0 Å². The van der Waals surface area contributed by atoms with Gasteiger partial charge >= 0.3 is 5.51 Å². The van der Waals surface area contributed by atoms with Gasteiger partial charge in [0.2, 0.25) is 0 Å². The van der Waals surface area contributed by atoms with Crippen molar-refractivity contribution in [2.24, 2.45) is 0 Å². The van der Waals surface area contributed by atoms with Crippen molar-refractivity contribution in [3.05, 3.63) is 41.8 Å². The second-order valence-electron chi connectivity index (χ2n) is 5.17. The molecular weight excluding hydrogens is 295 g/mol. The number of benzene rings is 1. The van der Waals surface area contributed by atoms with Gasteiger partial charge in [0.15, 0.2) is 9.58 Å². The van der Waals surface area contributed by atoms with Crippen molar-refractivity contribution in [3.63, 3.8) is 0 Å². The summed E-state index contributed by atoms with van der Waals surface area (Å²) in [6.45, 7) is 4.75. The van der Waals surface area contributed by atoms with E-state index in [9.17, 15) is 13.2 Å². The lowest BCUT2D eigenvalue weighted by Crippen LogP contribution is -2.06. The first kappa shape index (κ1) is 15.8. The minimum Gasteiger partial charge on any atom is -0.512 e. The number of hydrogen-bond donors (Lipinski definition) is 0. The largest absolute Gasteiger partial charge is 0.600 e. The highest BCUT2D eigenvalue weighted by atomic mass is 32.2. The van der Waals surface area contributed by atoms with Gasteiger partial charge in [-0.3, -0.25) is 0 Å². The molecule has 2 aromatic rings. The van der Waals surface area contributed by atoms with Crippen molar-refractivity contribution >= 4 is 20.6 Å². The molecule has 0 N–H and O–H groups in total. The first-order valence-corrected chi connectivity index (χ1v) is 8.14. The van der Waals surface area contributed by atoms with Crippen LogP contribution in [0.15, 0.2) is 30.3 Å². The van der Waals surface area contributed by atoms with Crippen LogP contribution in [-0.4, -0.2) is 0 Å². The summed E-state index contributed by atoms with van der Waals surface area (Å²) in [5.74, 6) is 0.131. The molecule has 1 aliphatic rings. The lowest BCUT2D eigenvalue weighted by atomic mass is 9.88. The van der Waals surface area contributed by atoms with Gasteiger partial charge in [0, 0.05) is 17.4 Å². The van der Waals surface area contributed by atoms with Crippen molar-refractivity contribution in [1.29, 1.82) is 5.26 Å².